The van der Waals surface area contributed by atoms with E-state index in [9.17, 15) is 8.42 Å². The van der Waals surface area contributed by atoms with Crippen molar-refractivity contribution in [2.45, 2.75) is 30.7 Å². The van der Waals surface area contributed by atoms with E-state index in [1.54, 1.807) is 19.1 Å². The highest BCUT2D eigenvalue weighted by molar-refractivity contribution is 7.89. The molecule has 3 N–H and O–H groups in total. The number of nitriles is 1. The van der Waals surface area contributed by atoms with E-state index in [1.807, 2.05) is 6.07 Å². The van der Waals surface area contributed by atoms with E-state index in [2.05, 4.69) is 4.72 Å². The highest BCUT2D eigenvalue weighted by Crippen LogP contribution is 2.33. The molecule has 1 aromatic rings. The molecule has 110 valence electrons. The molecule has 0 bridgehead atoms. The number of nitrogens with two attached hydrogens (primary N) is 1. The fraction of sp³-hybridized carbons (Fsp3) is 0.462. The van der Waals surface area contributed by atoms with Crippen LogP contribution in [0.3, 0.4) is 0 Å². The van der Waals surface area contributed by atoms with Gasteiger partial charge in [-0.2, -0.15) is 5.26 Å². The molecule has 1 aliphatic carbocycles. The largest absolute Gasteiger partial charge is 0.329 e. The molecule has 0 saturated heterocycles. The molecular weight excluding hydrogens is 298 g/mol. The summed E-state index contributed by atoms with van der Waals surface area (Å²) in [4.78, 5) is 0.0362. The molecule has 0 spiro atoms. The van der Waals surface area contributed by atoms with E-state index in [-0.39, 0.29) is 35.5 Å². The van der Waals surface area contributed by atoms with Crippen LogP contribution < -0.4 is 10.5 Å². The van der Waals surface area contributed by atoms with Gasteiger partial charge in [0.25, 0.3) is 0 Å². The second-order valence-corrected chi connectivity index (χ2v) is 6.54. The third kappa shape index (κ3) is 3.49. The number of aryl methyl sites for hydroxylation is 1. The molecule has 7 heteroatoms. The Labute approximate surface area is 125 Å². The predicted octanol–water partition coefficient (Wildman–Crippen LogP) is 1.30. The van der Waals surface area contributed by atoms with Gasteiger partial charge in [-0.25, -0.2) is 13.1 Å². The first-order chi connectivity index (χ1) is 8.99. The van der Waals surface area contributed by atoms with Crippen molar-refractivity contribution in [3.63, 3.8) is 0 Å². The fourth-order valence-corrected chi connectivity index (χ4v) is 3.65. The lowest BCUT2D eigenvalue weighted by Gasteiger charge is -2.17. The summed E-state index contributed by atoms with van der Waals surface area (Å²) in [6.07, 6.45) is 2.01. The SMILES string of the molecule is Cc1cccc(S(=O)(=O)NC(CN)C2CC2)c1C#N.Cl. The Balaban J connectivity index is 0.00000200. The van der Waals surface area contributed by atoms with E-state index >= 15 is 0 Å². The van der Waals surface area contributed by atoms with Crippen molar-refractivity contribution < 1.29 is 8.42 Å². The second kappa shape index (κ2) is 6.55. The number of halogens is 1. The minimum absolute atomic E-state index is 0. The maximum Gasteiger partial charge on any atom is 0.242 e. The number of hydrogen-bond donors (Lipinski definition) is 2. The first-order valence-electron chi connectivity index (χ1n) is 6.21. The topological polar surface area (TPSA) is 96.0 Å². The fourth-order valence-electron chi connectivity index (χ4n) is 2.11. The molecule has 0 aromatic heterocycles. The van der Waals surface area contributed by atoms with Gasteiger partial charge in [0.1, 0.15) is 11.0 Å². The van der Waals surface area contributed by atoms with Crippen LogP contribution >= 0.6 is 12.4 Å². The van der Waals surface area contributed by atoms with Gasteiger partial charge < -0.3 is 5.73 Å². The monoisotopic (exact) mass is 315 g/mol. The zero-order valence-electron chi connectivity index (χ0n) is 11.2. The molecule has 1 fully saturated rings. The van der Waals surface area contributed by atoms with Gasteiger partial charge >= 0.3 is 0 Å². The van der Waals surface area contributed by atoms with Gasteiger partial charge in [-0.3, -0.25) is 0 Å². The molecule has 5 nitrogen and oxygen atoms in total. The second-order valence-electron chi connectivity index (χ2n) is 4.86. The van der Waals surface area contributed by atoms with E-state index in [4.69, 9.17) is 11.0 Å². The summed E-state index contributed by atoms with van der Waals surface area (Å²) in [5.74, 6) is 0.329. The zero-order chi connectivity index (χ0) is 14.0. The predicted molar refractivity (Wildman–Crippen MR) is 79.0 cm³/mol. The van der Waals surface area contributed by atoms with Crippen molar-refractivity contribution in [1.82, 2.24) is 4.72 Å². The standard InChI is InChI=1S/C13H17N3O2S.ClH/c1-9-3-2-4-13(11(9)7-14)19(17,18)16-12(8-15)10-5-6-10;/h2-4,10,12,16H,5-6,8,15H2,1H3;1H. The summed E-state index contributed by atoms with van der Waals surface area (Å²) in [5, 5.41) is 9.11. The first kappa shape index (κ1) is 16.9. The number of benzene rings is 1. The summed E-state index contributed by atoms with van der Waals surface area (Å²) < 4.78 is 27.3. The smallest absolute Gasteiger partial charge is 0.242 e. The van der Waals surface area contributed by atoms with Crippen molar-refractivity contribution in [2.24, 2.45) is 11.7 Å². The first-order valence-corrected chi connectivity index (χ1v) is 7.70. The minimum Gasteiger partial charge on any atom is -0.329 e. The van der Waals surface area contributed by atoms with Crippen LogP contribution in [-0.2, 0) is 10.0 Å². The highest BCUT2D eigenvalue weighted by atomic mass is 35.5. The quantitative estimate of drug-likeness (QED) is 0.856. The molecule has 20 heavy (non-hydrogen) atoms. The molecule has 0 heterocycles. The average molecular weight is 316 g/mol. The van der Waals surface area contributed by atoms with Gasteiger partial charge in [-0.1, -0.05) is 12.1 Å². The Hall–Kier alpha value is -1.13. The molecule has 2 rings (SSSR count). The molecule has 0 aliphatic heterocycles. The van der Waals surface area contributed by atoms with Crippen molar-refractivity contribution >= 4 is 22.4 Å². The summed E-state index contributed by atoms with van der Waals surface area (Å²) in [6.45, 7) is 2.00. The maximum absolute atomic E-state index is 12.3. The Morgan fingerprint density at radius 3 is 2.65 bits per heavy atom. The lowest BCUT2D eigenvalue weighted by molar-refractivity contribution is 0.519. The number of hydrogen-bond acceptors (Lipinski definition) is 4. The minimum atomic E-state index is -3.69. The van der Waals surface area contributed by atoms with E-state index in [0.29, 0.717) is 11.5 Å². The summed E-state index contributed by atoms with van der Waals surface area (Å²) >= 11 is 0. The molecule has 0 radical (unpaired) electrons. The Bertz CT molecular complexity index is 621. The van der Waals surface area contributed by atoms with Gasteiger partial charge in [-0.05, 0) is 37.3 Å². The van der Waals surface area contributed by atoms with Crippen LogP contribution in [0.2, 0.25) is 0 Å². The number of nitrogens with zero attached hydrogens (tertiary/aromatic N) is 1. The highest BCUT2D eigenvalue weighted by Gasteiger charge is 2.34. The molecule has 1 unspecified atom stereocenters. The third-order valence-electron chi connectivity index (χ3n) is 3.39. The van der Waals surface area contributed by atoms with Crippen LogP contribution in [0.1, 0.15) is 24.0 Å². The van der Waals surface area contributed by atoms with Crippen molar-refractivity contribution in [3.05, 3.63) is 29.3 Å². The number of rotatable bonds is 5. The van der Waals surface area contributed by atoms with Gasteiger partial charge in [0.05, 0.1) is 5.56 Å². The van der Waals surface area contributed by atoms with Crippen LogP contribution in [0, 0.1) is 24.2 Å². The van der Waals surface area contributed by atoms with Gasteiger partial charge in [-0.15, -0.1) is 12.4 Å². The number of nitrogens with one attached hydrogen (secondary N) is 1. The summed E-state index contributed by atoms with van der Waals surface area (Å²) in [5.41, 5.74) is 6.46. The zero-order valence-corrected chi connectivity index (χ0v) is 12.8. The Morgan fingerprint density at radius 2 is 2.15 bits per heavy atom. The maximum atomic E-state index is 12.3. The van der Waals surface area contributed by atoms with Crippen LogP contribution in [0.5, 0.6) is 0 Å². The van der Waals surface area contributed by atoms with E-state index in [1.165, 1.54) is 6.07 Å². The normalized spacial score (nSPS) is 16.1. The molecule has 1 saturated carbocycles. The molecule has 1 atom stereocenters. The van der Waals surface area contributed by atoms with E-state index in [0.717, 1.165) is 12.8 Å². The van der Waals surface area contributed by atoms with Crippen LogP contribution in [-0.4, -0.2) is 21.0 Å². The van der Waals surface area contributed by atoms with Crippen molar-refractivity contribution in [1.29, 1.82) is 5.26 Å². The van der Waals surface area contributed by atoms with Crippen LogP contribution in [0.4, 0.5) is 0 Å². The summed E-state index contributed by atoms with van der Waals surface area (Å²) in [6, 6.07) is 6.53. The average Bonchev–Trinajstić information content (AvgIpc) is 3.20. The van der Waals surface area contributed by atoms with E-state index < -0.39 is 10.0 Å². The third-order valence-corrected chi connectivity index (χ3v) is 4.92. The number of sulfonamides is 1. The molecule has 0 amide bonds. The Kier molecular flexibility index (Phi) is 5.54. The molecular formula is C13H18ClN3O2S. The Morgan fingerprint density at radius 1 is 1.50 bits per heavy atom. The van der Waals surface area contributed by atoms with Crippen molar-refractivity contribution in [3.8, 4) is 6.07 Å². The van der Waals surface area contributed by atoms with Gasteiger partial charge in [0.15, 0.2) is 0 Å². The summed E-state index contributed by atoms with van der Waals surface area (Å²) in [7, 11) is -3.69. The lowest BCUT2D eigenvalue weighted by atomic mass is 10.1. The van der Waals surface area contributed by atoms with Gasteiger partial charge in [0.2, 0.25) is 10.0 Å². The molecule has 1 aromatic carbocycles. The van der Waals surface area contributed by atoms with Gasteiger partial charge in [0, 0.05) is 12.6 Å². The lowest BCUT2D eigenvalue weighted by Crippen LogP contribution is -2.41. The molecule has 1 aliphatic rings. The van der Waals surface area contributed by atoms with Crippen molar-refractivity contribution in [2.75, 3.05) is 6.54 Å². The van der Waals surface area contributed by atoms with Crippen LogP contribution in [0.25, 0.3) is 0 Å². The van der Waals surface area contributed by atoms with Crippen LogP contribution in [0.15, 0.2) is 23.1 Å².